The second kappa shape index (κ2) is 5.48. The van der Waals surface area contributed by atoms with Crippen LogP contribution in [0.3, 0.4) is 0 Å². The molecule has 1 aromatic rings. The Balaban J connectivity index is 1.98. The summed E-state index contributed by atoms with van der Waals surface area (Å²) in [6, 6.07) is 7.92. The van der Waals surface area contributed by atoms with Crippen molar-refractivity contribution >= 4 is 9.84 Å². The van der Waals surface area contributed by atoms with E-state index in [4.69, 9.17) is 14.7 Å². The van der Waals surface area contributed by atoms with Crippen LogP contribution in [0.1, 0.15) is 5.56 Å². The molecule has 1 saturated heterocycles. The van der Waals surface area contributed by atoms with Crippen molar-refractivity contribution in [3.8, 4) is 6.07 Å². The lowest BCUT2D eigenvalue weighted by molar-refractivity contribution is -0.126. The Bertz CT molecular complexity index is 558. The number of hydrogen-bond acceptors (Lipinski definition) is 5. The molecule has 0 amide bonds. The third-order valence-electron chi connectivity index (χ3n) is 2.64. The van der Waals surface area contributed by atoms with Gasteiger partial charge in [-0.2, -0.15) is 5.26 Å². The van der Waals surface area contributed by atoms with E-state index in [0.29, 0.717) is 18.8 Å². The van der Waals surface area contributed by atoms with E-state index < -0.39 is 9.84 Å². The second-order valence-corrected chi connectivity index (χ2v) is 6.10. The zero-order chi connectivity index (χ0) is 13.0. The Labute approximate surface area is 106 Å². The highest BCUT2D eigenvalue weighted by Crippen LogP contribution is 2.13. The monoisotopic (exact) mass is 267 g/mol. The Morgan fingerprint density at radius 1 is 1.44 bits per heavy atom. The van der Waals surface area contributed by atoms with E-state index in [1.165, 1.54) is 12.1 Å². The van der Waals surface area contributed by atoms with E-state index >= 15 is 0 Å². The lowest BCUT2D eigenvalue weighted by Gasteiger charge is -2.25. The summed E-state index contributed by atoms with van der Waals surface area (Å²) in [6.45, 7) is 1.21. The van der Waals surface area contributed by atoms with Crippen LogP contribution in [-0.4, -0.2) is 40.1 Å². The summed E-state index contributed by atoms with van der Waals surface area (Å²) in [4.78, 5) is 0.162. The fourth-order valence-corrected chi connectivity index (χ4v) is 2.66. The van der Waals surface area contributed by atoms with Gasteiger partial charge in [-0.15, -0.1) is 0 Å². The molecule has 0 saturated carbocycles. The van der Waals surface area contributed by atoms with Gasteiger partial charge in [0.2, 0.25) is 0 Å². The molecule has 5 nitrogen and oxygen atoms in total. The van der Waals surface area contributed by atoms with E-state index in [9.17, 15) is 8.42 Å². The van der Waals surface area contributed by atoms with Crippen LogP contribution in [0.25, 0.3) is 0 Å². The van der Waals surface area contributed by atoms with Crippen molar-refractivity contribution < 1.29 is 17.9 Å². The SMILES string of the molecule is N#Cc1cccc(S(=O)(=O)CCOC2COC2)c1. The second-order valence-electron chi connectivity index (χ2n) is 3.99. The molecule has 1 aliphatic heterocycles. The predicted octanol–water partition coefficient (Wildman–Crippen LogP) is 0.747. The molecule has 6 heteroatoms. The molecule has 0 bridgehead atoms. The number of nitrogens with zero attached hydrogens (tertiary/aromatic N) is 1. The minimum absolute atomic E-state index is 0.0191. The largest absolute Gasteiger partial charge is 0.376 e. The average molecular weight is 267 g/mol. The van der Waals surface area contributed by atoms with Crippen LogP contribution >= 0.6 is 0 Å². The molecule has 0 atom stereocenters. The lowest BCUT2D eigenvalue weighted by atomic mass is 10.2. The van der Waals surface area contributed by atoms with Gasteiger partial charge in [0.25, 0.3) is 0 Å². The molecule has 1 aliphatic rings. The predicted molar refractivity (Wildman–Crippen MR) is 63.8 cm³/mol. The standard InChI is InChI=1S/C12H13NO4S/c13-7-10-2-1-3-12(6-10)18(14,15)5-4-17-11-8-16-9-11/h1-3,6,11H,4-5,8-9H2. The van der Waals surface area contributed by atoms with Crippen molar-refractivity contribution in [3.05, 3.63) is 29.8 Å². The summed E-state index contributed by atoms with van der Waals surface area (Å²) in [6.07, 6.45) is 0.0191. The zero-order valence-electron chi connectivity index (χ0n) is 9.70. The van der Waals surface area contributed by atoms with Gasteiger partial charge in [-0.3, -0.25) is 0 Å². The van der Waals surface area contributed by atoms with Crippen molar-refractivity contribution in [1.82, 2.24) is 0 Å². The van der Waals surface area contributed by atoms with Crippen molar-refractivity contribution in [3.63, 3.8) is 0 Å². The minimum Gasteiger partial charge on any atom is -0.376 e. The highest BCUT2D eigenvalue weighted by molar-refractivity contribution is 7.91. The van der Waals surface area contributed by atoms with Gasteiger partial charge in [-0.05, 0) is 18.2 Å². The molecule has 1 aromatic carbocycles. The molecule has 0 unspecified atom stereocenters. The number of benzene rings is 1. The Kier molecular flexibility index (Phi) is 3.97. The van der Waals surface area contributed by atoms with Crippen LogP contribution in [-0.2, 0) is 19.3 Å². The van der Waals surface area contributed by atoms with Crippen LogP contribution in [0.5, 0.6) is 0 Å². The topological polar surface area (TPSA) is 76.4 Å². The summed E-state index contributed by atoms with van der Waals surface area (Å²) in [5.74, 6) is -0.0849. The van der Waals surface area contributed by atoms with Gasteiger partial charge in [-0.1, -0.05) is 6.07 Å². The molecule has 0 radical (unpaired) electrons. The molecule has 0 aromatic heterocycles. The van der Waals surface area contributed by atoms with Gasteiger partial charge in [0, 0.05) is 0 Å². The first-order valence-electron chi connectivity index (χ1n) is 5.54. The number of sulfone groups is 1. The summed E-state index contributed by atoms with van der Waals surface area (Å²) >= 11 is 0. The molecular weight excluding hydrogens is 254 g/mol. The van der Waals surface area contributed by atoms with E-state index in [0.717, 1.165) is 0 Å². The molecule has 0 aliphatic carbocycles. The molecule has 1 heterocycles. The molecule has 0 N–H and O–H groups in total. The quantitative estimate of drug-likeness (QED) is 0.786. The summed E-state index contributed by atoms with van der Waals surface area (Å²) in [5, 5.41) is 8.73. The van der Waals surface area contributed by atoms with Crippen molar-refractivity contribution in [1.29, 1.82) is 5.26 Å². The maximum atomic E-state index is 12.0. The van der Waals surface area contributed by atoms with Gasteiger partial charge in [0.1, 0.15) is 6.10 Å². The van der Waals surface area contributed by atoms with Crippen molar-refractivity contribution in [2.75, 3.05) is 25.6 Å². The molecule has 18 heavy (non-hydrogen) atoms. The van der Waals surface area contributed by atoms with Crippen LogP contribution in [0, 0.1) is 11.3 Å². The van der Waals surface area contributed by atoms with Crippen LogP contribution in [0.4, 0.5) is 0 Å². The van der Waals surface area contributed by atoms with E-state index in [1.54, 1.807) is 12.1 Å². The van der Waals surface area contributed by atoms with Gasteiger partial charge in [0.05, 0.1) is 42.1 Å². The highest BCUT2D eigenvalue weighted by Gasteiger charge is 2.21. The van der Waals surface area contributed by atoms with Crippen molar-refractivity contribution in [2.24, 2.45) is 0 Å². The minimum atomic E-state index is -3.39. The first-order chi connectivity index (χ1) is 8.62. The zero-order valence-corrected chi connectivity index (χ0v) is 10.5. The third kappa shape index (κ3) is 3.07. The lowest BCUT2D eigenvalue weighted by Crippen LogP contribution is -2.37. The van der Waals surface area contributed by atoms with E-state index in [-0.39, 0.29) is 23.4 Å². The molecular formula is C12H13NO4S. The van der Waals surface area contributed by atoms with Gasteiger partial charge < -0.3 is 9.47 Å². The maximum absolute atomic E-state index is 12.0. The van der Waals surface area contributed by atoms with Crippen molar-refractivity contribution in [2.45, 2.75) is 11.0 Å². The fourth-order valence-electron chi connectivity index (χ4n) is 1.51. The summed E-state index contributed by atoms with van der Waals surface area (Å²) < 4.78 is 34.2. The molecule has 2 rings (SSSR count). The third-order valence-corrected chi connectivity index (χ3v) is 4.31. The molecule has 96 valence electrons. The average Bonchev–Trinajstić information content (AvgIpc) is 2.32. The fraction of sp³-hybridized carbons (Fsp3) is 0.417. The summed E-state index contributed by atoms with van der Waals surface area (Å²) in [5.41, 5.74) is 0.337. The number of ether oxygens (including phenoxy) is 2. The van der Waals surface area contributed by atoms with E-state index in [1.807, 2.05) is 6.07 Å². The van der Waals surface area contributed by atoms with Gasteiger partial charge in [-0.25, -0.2) is 8.42 Å². The van der Waals surface area contributed by atoms with Crippen LogP contribution in [0.2, 0.25) is 0 Å². The number of hydrogen-bond donors (Lipinski definition) is 0. The Hall–Kier alpha value is -1.42. The first-order valence-corrected chi connectivity index (χ1v) is 7.19. The van der Waals surface area contributed by atoms with E-state index in [2.05, 4.69) is 0 Å². The molecule has 1 fully saturated rings. The Morgan fingerprint density at radius 2 is 2.22 bits per heavy atom. The Morgan fingerprint density at radius 3 is 2.83 bits per heavy atom. The highest BCUT2D eigenvalue weighted by atomic mass is 32.2. The van der Waals surface area contributed by atoms with Crippen LogP contribution < -0.4 is 0 Å². The molecule has 0 spiro atoms. The number of rotatable bonds is 5. The smallest absolute Gasteiger partial charge is 0.180 e. The van der Waals surface area contributed by atoms with Gasteiger partial charge >= 0.3 is 0 Å². The van der Waals surface area contributed by atoms with Gasteiger partial charge in [0.15, 0.2) is 9.84 Å². The normalized spacial score (nSPS) is 15.9. The van der Waals surface area contributed by atoms with Crippen LogP contribution in [0.15, 0.2) is 29.2 Å². The first kappa shape index (κ1) is 13.0. The maximum Gasteiger partial charge on any atom is 0.180 e. The number of nitriles is 1. The summed E-state index contributed by atoms with van der Waals surface area (Å²) in [7, 11) is -3.39.